The lowest BCUT2D eigenvalue weighted by Gasteiger charge is -2.30. The Balaban J connectivity index is 1.96. The Morgan fingerprint density at radius 1 is 1.69 bits per heavy atom. The third-order valence-corrected chi connectivity index (χ3v) is 3.05. The van der Waals surface area contributed by atoms with Gasteiger partial charge in [0.1, 0.15) is 0 Å². The van der Waals surface area contributed by atoms with Crippen molar-refractivity contribution in [1.29, 1.82) is 0 Å². The molecular weight excluding hydrogens is 204 g/mol. The van der Waals surface area contributed by atoms with Crippen molar-refractivity contribution in [2.45, 2.75) is 31.8 Å². The molecule has 0 aliphatic carbocycles. The molecule has 0 aromatic carbocycles. The van der Waals surface area contributed by atoms with Gasteiger partial charge in [-0.1, -0.05) is 0 Å². The third-order valence-electron chi connectivity index (χ3n) is 3.05. The monoisotopic (exact) mass is 222 g/mol. The van der Waals surface area contributed by atoms with Crippen LogP contribution in [0.1, 0.15) is 30.1 Å². The average molecular weight is 222 g/mol. The van der Waals surface area contributed by atoms with Gasteiger partial charge < -0.3 is 10.6 Å². The van der Waals surface area contributed by atoms with Gasteiger partial charge in [0.2, 0.25) is 0 Å². The van der Waals surface area contributed by atoms with Gasteiger partial charge in [0.05, 0.1) is 11.8 Å². The highest BCUT2D eigenvalue weighted by molar-refractivity contribution is 5.93. The predicted octanol–water partition coefficient (Wildman–Crippen LogP) is 0.290. The lowest BCUT2D eigenvalue weighted by Crippen LogP contribution is -2.51. The molecule has 0 spiro atoms. The number of carbonyl (C=O) groups excluding carboxylic acids is 1. The van der Waals surface area contributed by atoms with Crippen LogP contribution in [-0.2, 0) is 7.05 Å². The van der Waals surface area contributed by atoms with E-state index in [9.17, 15) is 4.79 Å². The minimum Gasteiger partial charge on any atom is -0.348 e. The summed E-state index contributed by atoms with van der Waals surface area (Å²) in [6.45, 7) is 3.15. The Hall–Kier alpha value is -1.36. The van der Waals surface area contributed by atoms with E-state index in [0.29, 0.717) is 11.6 Å². The van der Waals surface area contributed by atoms with Crippen molar-refractivity contribution in [1.82, 2.24) is 20.4 Å². The first-order valence-corrected chi connectivity index (χ1v) is 5.69. The largest absolute Gasteiger partial charge is 0.348 e. The first-order valence-electron chi connectivity index (χ1n) is 5.69. The van der Waals surface area contributed by atoms with Crippen LogP contribution in [0.3, 0.4) is 0 Å². The smallest absolute Gasteiger partial charge is 0.254 e. The Morgan fingerprint density at radius 3 is 3.12 bits per heavy atom. The highest BCUT2D eigenvalue weighted by Crippen LogP contribution is 2.09. The molecule has 1 fully saturated rings. The molecule has 0 radical (unpaired) electrons. The highest BCUT2D eigenvalue weighted by Gasteiger charge is 2.23. The number of aryl methyl sites for hydroxylation is 1. The zero-order valence-electron chi connectivity index (χ0n) is 9.73. The van der Waals surface area contributed by atoms with E-state index in [-0.39, 0.29) is 11.9 Å². The summed E-state index contributed by atoms with van der Waals surface area (Å²) in [6, 6.07) is 0.566. The van der Waals surface area contributed by atoms with Crippen LogP contribution in [0.25, 0.3) is 0 Å². The molecule has 5 heteroatoms. The van der Waals surface area contributed by atoms with E-state index >= 15 is 0 Å². The summed E-state index contributed by atoms with van der Waals surface area (Å²) >= 11 is 0. The number of hydrogen-bond donors (Lipinski definition) is 2. The molecule has 1 aromatic rings. The second kappa shape index (κ2) is 4.65. The van der Waals surface area contributed by atoms with Crippen LogP contribution in [0, 0.1) is 0 Å². The van der Waals surface area contributed by atoms with Crippen LogP contribution in [0.5, 0.6) is 0 Å². The summed E-state index contributed by atoms with van der Waals surface area (Å²) in [4.78, 5) is 11.9. The molecule has 16 heavy (non-hydrogen) atoms. The molecule has 2 N–H and O–H groups in total. The fourth-order valence-electron chi connectivity index (χ4n) is 2.03. The molecule has 1 aromatic heterocycles. The predicted molar refractivity (Wildman–Crippen MR) is 61.2 cm³/mol. The van der Waals surface area contributed by atoms with Gasteiger partial charge in [-0.05, 0) is 26.3 Å². The lowest BCUT2D eigenvalue weighted by molar-refractivity contribution is 0.0920. The molecule has 0 bridgehead atoms. The normalized spacial score (nSPS) is 25.4. The maximum atomic E-state index is 11.9. The minimum atomic E-state index is -0.0337. The van der Waals surface area contributed by atoms with E-state index in [4.69, 9.17) is 0 Å². The Labute approximate surface area is 95.2 Å². The molecule has 1 aliphatic heterocycles. The van der Waals surface area contributed by atoms with Gasteiger partial charge in [-0.15, -0.1) is 0 Å². The molecule has 1 amide bonds. The van der Waals surface area contributed by atoms with E-state index in [1.54, 1.807) is 17.1 Å². The van der Waals surface area contributed by atoms with Crippen molar-refractivity contribution in [3.8, 4) is 0 Å². The second-order valence-electron chi connectivity index (χ2n) is 4.37. The summed E-state index contributed by atoms with van der Waals surface area (Å²) in [5, 5.41) is 10.4. The lowest BCUT2D eigenvalue weighted by atomic mass is 10.00. The summed E-state index contributed by atoms with van der Waals surface area (Å²) in [6.07, 6.45) is 5.48. The zero-order chi connectivity index (χ0) is 11.5. The van der Waals surface area contributed by atoms with E-state index < -0.39 is 0 Å². The van der Waals surface area contributed by atoms with Gasteiger partial charge in [-0.25, -0.2) is 0 Å². The molecule has 5 nitrogen and oxygen atoms in total. The molecule has 0 saturated carbocycles. The number of carbonyl (C=O) groups is 1. The fourth-order valence-corrected chi connectivity index (χ4v) is 2.03. The number of amides is 1. The molecule has 2 atom stereocenters. The molecule has 1 aliphatic rings. The molecule has 2 rings (SSSR count). The molecule has 2 heterocycles. The van der Waals surface area contributed by atoms with Crippen molar-refractivity contribution in [3.63, 3.8) is 0 Å². The highest BCUT2D eigenvalue weighted by atomic mass is 16.1. The maximum absolute atomic E-state index is 11.9. The van der Waals surface area contributed by atoms with Crippen LogP contribution < -0.4 is 10.6 Å². The second-order valence-corrected chi connectivity index (χ2v) is 4.37. The summed E-state index contributed by atoms with van der Waals surface area (Å²) in [5.74, 6) is -0.0337. The van der Waals surface area contributed by atoms with Gasteiger partial charge >= 0.3 is 0 Å². The summed E-state index contributed by atoms with van der Waals surface area (Å²) in [5.41, 5.74) is 0.625. The number of rotatable bonds is 2. The van der Waals surface area contributed by atoms with Crippen molar-refractivity contribution in [3.05, 3.63) is 18.0 Å². The number of nitrogens with one attached hydrogen (secondary N) is 2. The van der Waals surface area contributed by atoms with Crippen LogP contribution in [0.15, 0.2) is 12.4 Å². The average Bonchev–Trinajstić information content (AvgIpc) is 2.68. The SMILES string of the molecule is C[C@@H]1NCCC[C@@H]1NC(=O)c1cnn(C)c1. The topological polar surface area (TPSA) is 58.9 Å². The van der Waals surface area contributed by atoms with Gasteiger partial charge in [0, 0.05) is 25.3 Å². The number of aromatic nitrogens is 2. The van der Waals surface area contributed by atoms with Crippen LogP contribution >= 0.6 is 0 Å². The van der Waals surface area contributed by atoms with Gasteiger partial charge in [-0.3, -0.25) is 9.48 Å². The van der Waals surface area contributed by atoms with Gasteiger partial charge in [-0.2, -0.15) is 5.10 Å². The van der Waals surface area contributed by atoms with Gasteiger partial charge in [0.25, 0.3) is 5.91 Å². The van der Waals surface area contributed by atoms with E-state index in [0.717, 1.165) is 19.4 Å². The Kier molecular flexibility index (Phi) is 3.24. The van der Waals surface area contributed by atoms with Crippen molar-refractivity contribution in [2.75, 3.05) is 6.54 Å². The molecule has 88 valence electrons. The van der Waals surface area contributed by atoms with Crippen molar-refractivity contribution >= 4 is 5.91 Å². The van der Waals surface area contributed by atoms with Gasteiger partial charge in [0.15, 0.2) is 0 Å². The Bertz CT molecular complexity index is 374. The standard InChI is InChI=1S/C11H18N4O/c1-8-10(4-3-5-12-8)14-11(16)9-6-13-15(2)7-9/h6-8,10,12H,3-5H2,1-2H3,(H,14,16)/t8-,10-/m0/s1. The summed E-state index contributed by atoms with van der Waals surface area (Å²) in [7, 11) is 1.81. The van der Waals surface area contributed by atoms with E-state index in [1.807, 2.05) is 7.05 Å². The first kappa shape index (κ1) is 11.1. The Morgan fingerprint density at radius 2 is 2.50 bits per heavy atom. The molecule has 0 unspecified atom stereocenters. The van der Waals surface area contributed by atoms with E-state index in [2.05, 4.69) is 22.7 Å². The first-order chi connectivity index (χ1) is 7.66. The van der Waals surface area contributed by atoms with Crippen LogP contribution in [0.2, 0.25) is 0 Å². The van der Waals surface area contributed by atoms with Crippen molar-refractivity contribution in [2.24, 2.45) is 7.05 Å². The molecular formula is C11H18N4O. The van der Waals surface area contributed by atoms with Crippen LogP contribution in [0.4, 0.5) is 0 Å². The number of nitrogens with zero attached hydrogens (tertiary/aromatic N) is 2. The summed E-state index contributed by atoms with van der Waals surface area (Å²) < 4.78 is 1.64. The number of hydrogen-bond acceptors (Lipinski definition) is 3. The maximum Gasteiger partial charge on any atom is 0.254 e. The molecule has 1 saturated heterocycles. The zero-order valence-corrected chi connectivity index (χ0v) is 9.73. The third kappa shape index (κ3) is 2.41. The number of piperidine rings is 1. The van der Waals surface area contributed by atoms with Crippen molar-refractivity contribution < 1.29 is 4.79 Å². The minimum absolute atomic E-state index is 0.0337. The van der Waals surface area contributed by atoms with E-state index in [1.165, 1.54) is 0 Å². The fraction of sp³-hybridized carbons (Fsp3) is 0.636. The quantitative estimate of drug-likeness (QED) is 0.756. The van der Waals surface area contributed by atoms with Crippen LogP contribution in [-0.4, -0.2) is 34.3 Å².